The van der Waals surface area contributed by atoms with Gasteiger partial charge in [0.25, 0.3) is 0 Å². The van der Waals surface area contributed by atoms with Gasteiger partial charge in [-0.15, -0.1) is 0 Å². The lowest BCUT2D eigenvalue weighted by Crippen LogP contribution is -2.02. The van der Waals surface area contributed by atoms with Crippen molar-refractivity contribution in [3.05, 3.63) is 45.8 Å². The van der Waals surface area contributed by atoms with Gasteiger partial charge in [-0.1, -0.05) is 13.0 Å². The van der Waals surface area contributed by atoms with Crippen LogP contribution in [-0.2, 0) is 11.2 Å². The molecule has 1 heterocycles. The molecule has 0 saturated carbocycles. The number of aryl methyl sites for hydroxylation is 1. The van der Waals surface area contributed by atoms with Crippen molar-refractivity contribution < 1.29 is 19.1 Å². The van der Waals surface area contributed by atoms with Crippen molar-refractivity contribution in [1.82, 2.24) is 0 Å². The van der Waals surface area contributed by atoms with Gasteiger partial charge < -0.3 is 14.3 Å². The minimum Gasteiger partial charge on any atom is -0.496 e. The van der Waals surface area contributed by atoms with Crippen molar-refractivity contribution in [2.75, 3.05) is 7.11 Å². The summed E-state index contributed by atoms with van der Waals surface area (Å²) in [4.78, 5) is 22.6. The highest BCUT2D eigenvalue weighted by atomic mass is 16.5. The highest BCUT2D eigenvalue weighted by molar-refractivity contribution is 5.80. The van der Waals surface area contributed by atoms with Gasteiger partial charge in [0.05, 0.1) is 18.9 Å². The first-order valence-electron chi connectivity index (χ1n) is 6.58. The molecule has 0 fully saturated rings. The van der Waals surface area contributed by atoms with Crippen molar-refractivity contribution in [2.24, 2.45) is 0 Å². The molecule has 2 aromatic rings. The second-order valence-electron chi connectivity index (χ2n) is 4.53. The maximum Gasteiger partial charge on any atom is 0.307 e. The Morgan fingerprint density at radius 1 is 1.38 bits per heavy atom. The zero-order valence-corrected chi connectivity index (χ0v) is 11.9. The Balaban J connectivity index is 2.52. The first-order valence-corrected chi connectivity index (χ1v) is 6.58. The van der Waals surface area contributed by atoms with Gasteiger partial charge in [-0.05, 0) is 24.1 Å². The third-order valence-electron chi connectivity index (χ3n) is 3.10. The smallest absolute Gasteiger partial charge is 0.307 e. The molecule has 0 aliphatic heterocycles. The summed E-state index contributed by atoms with van der Waals surface area (Å²) in [6.07, 6.45) is 3.54. The van der Waals surface area contributed by atoms with E-state index in [1.54, 1.807) is 19.2 Å². The molecule has 0 aliphatic rings. The number of hydrogen-bond donors (Lipinski definition) is 1. The van der Waals surface area contributed by atoms with Crippen LogP contribution in [0.4, 0.5) is 0 Å². The number of benzene rings is 1. The topological polar surface area (TPSA) is 76.7 Å². The van der Waals surface area contributed by atoms with E-state index in [2.05, 4.69) is 0 Å². The second kappa shape index (κ2) is 6.26. The van der Waals surface area contributed by atoms with E-state index in [9.17, 15) is 9.59 Å². The van der Waals surface area contributed by atoms with E-state index in [1.165, 1.54) is 18.2 Å². The number of hydrogen-bond acceptors (Lipinski definition) is 4. The van der Waals surface area contributed by atoms with Crippen molar-refractivity contribution >= 4 is 23.0 Å². The fourth-order valence-electron chi connectivity index (χ4n) is 2.07. The zero-order valence-electron chi connectivity index (χ0n) is 11.9. The van der Waals surface area contributed by atoms with Crippen LogP contribution in [0.2, 0.25) is 0 Å². The number of carboxylic acid groups (broad SMARTS) is 1. The Kier molecular flexibility index (Phi) is 4.42. The highest BCUT2D eigenvalue weighted by Gasteiger charge is 2.09. The summed E-state index contributed by atoms with van der Waals surface area (Å²) in [6.45, 7) is 1.98. The van der Waals surface area contributed by atoms with Gasteiger partial charge in [-0.25, -0.2) is 0 Å². The standard InChI is InChI=1S/C16H16O5/c1-3-10-7-12-13(17)8-11(5-4-6-16(18)19)21-15(12)9-14(10)20-2/h4-5,7-9H,3,6H2,1-2H3,(H,18,19)/b5-4-. The molecular weight excluding hydrogens is 272 g/mol. The molecule has 1 N–H and O–H groups in total. The van der Waals surface area contributed by atoms with Gasteiger partial charge in [0.1, 0.15) is 17.1 Å². The molecule has 2 rings (SSSR count). The Morgan fingerprint density at radius 2 is 2.14 bits per heavy atom. The number of rotatable bonds is 5. The van der Waals surface area contributed by atoms with Crippen LogP contribution in [0.25, 0.3) is 17.0 Å². The van der Waals surface area contributed by atoms with E-state index in [1.807, 2.05) is 6.92 Å². The van der Waals surface area contributed by atoms with E-state index in [0.29, 0.717) is 22.5 Å². The number of ether oxygens (including phenoxy) is 1. The minimum atomic E-state index is -0.941. The van der Waals surface area contributed by atoms with E-state index in [4.69, 9.17) is 14.3 Å². The molecule has 0 saturated heterocycles. The van der Waals surface area contributed by atoms with E-state index >= 15 is 0 Å². The highest BCUT2D eigenvalue weighted by Crippen LogP contribution is 2.25. The van der Waals surface area contributed by atoms with E-state index in [-0.39, 0.29) is 11.8 Å². The average Bonchev–Trinajstić information content (AvgIpc) is 2.45. The summed E-state index contributed by atoms with van der Waals surface area (Å²) >= 11 is 0. The van der Waals surface area contributed by atoms with Gasteiger partial charge in [0.2, 0.25) is 0 Å². The lowest BCUT2D eigenvalue weighted by Gasteiger charge is -2.08. The molecule has 110 valence electrons. The van der Waals surface area contributed by atoms with Crippen LogP contribution in [0.3, 0.4) is 0 Å². The molecule has 0 bridgehead atoms. The van der Waals surface area contributed by atoms with Crippen LogP contribution in [0, 0.1) is 0 Å². The molecule has 0 radical (unpaired) electrons. The quantitative estimate of drug-likeness (QED) is 0.915. The minimum absolute atomic E-state index is 0.125. The Labute approximate surface area is 121 Å². The summed E-state index contributed by atoms with van der Waals surface area (Å²) < 4.78 is 10.9. The lowest BCUT2D eigenvalue weighted by atomic mass is 10.1. The van der Waals surface area contributed by atoms with Crippen LogP contribution in [0.15, 0.2) is 33.5 Å². The number of methoxy groups -OCH3 is 1. The molecule has 0 aliphatic carbocycles. The summed E-state index contributed by atoms with van der Waals surface area (Å²) in [5, 5.41) is 9.07. The maximum absolute atomic E-state index is 12.1. The Hall–Kier alpha value is -2.56. The summed E-state index contributed by atoms with van der Waals surface area (Å²) in [5.41, 5.74) is 1.20. The predicted octanol–water partition coefficient (Wildman–Crippen LogP) is 2.85. The number of fused-ring (bicyclic) bond motifs is 1. The molecule has 0 unspecified atom stereocenters. The van der Waals surface area contributed by atoms with Crippen molar-refractivity contribution in [1.29, 1.82) is 0 Å². The van der Waals surface area contributed by atoms with Gasteiger partial charge in [-0.2, -0.15) is 0 Å². The third kappa shape index (κ3) is 3.31. The first-order chi connectivity index (χ1) is 10.0. The van der Waals surface area contributed by atoms with Crippen LogP contribution in [-0.4, -0.2) is 18.2 Å². The van der Waals surface area contributed by atoms with Gasteiger partial charge >= 0.3 is 5.97 Å². The predicted molar refractivity (Wildman–Crippen MR) is 79.7 cm³/mol. The van der Waals surface area contributed by atoms with Crippen LogP contribution in [0.1, 0.15) is 24.7 Å². The van der Waals surface area contributed by atoms with E-state index in [0.717, 1.165) is 12.0 Å². The first kappa shape index (κ1) is 14.8. The fraction of sp³-hybridized carbons (Fsp3) is 0.250. The average molecular weight is 288 g/mol. The van der Waals surface area contributed by atoms with Crippen LogP contribution >= 0.6 is 0 Å². The SMILES string of the molecule is CCc1cc2c(=O)cc(/C=C\CC(=O)O)oc2cc1OC. The van der Waals surface area contributed by atoms with Crippen LogP contribution < -0.4 is 10.2 Å². The van der Waals surface area contributed by atoms with Crippen molar-refractivity contribution in [2.45, 2.75) is 19.8 Å². The van der Waals surface area contributed by atoms with Gasteiger partial charge in [-0.3, -0.25) is 9.59 Å². The Bertz CT molecular complexity index is 755. The van der Waals surface area contributed by atoms with Gasteiger partial charge in [0, 0.05) is 12.1 Å². The number of carbonyl (C=O) groups is 1. The molecule has 0 spiro atoms. The zero-order chi connectivity index (χ0) is 15.4. The molecule has 5 nitrogen and oxygen atoms in total. The molecule has 0 amide bonds. The van der Waals surface area contributed by atoms with Crippen LogP contribution in [0.5, 0.6) is 5.75 Å². The molecule has 1 aromatic heterocycles. The second-order valence-corrected chi connectivity index (χ2v) is 4.53. The summed E-state index contributed by atoms with van der Waals surface area (Å²) in [5.74, 6) is 0.0449. The monoisotopic (exact) mass is 288 g/mol. The van der Waals surface area contributed by atoms with E-state index < -0.39 is 5.97 Å². The molecule has 1 aromatic carbocycles. The number of carboxylic acids is 1. The summed E-state index contributed by atoms with van der Waals surface area (Å²) in [6, 6.07) is 4.81. The lowest BCUT2D eigenvalue weighted by molar-refractivity contribution is -0.135. The summed E-state index contributed by atoms with van der Waals surface area (Å²) in [7, 11) is 1.56. The Morgan fingerprint density at radius 3 is 2.76 bits per heavy atom. The third-order valence-corrected chi connectivity index (χ3v) is 3.10. The largest absolute Gasteiger partial charge is 0.496 e. The normalized spacial score (nSPS) is 11.1. The molecule has 5 heteroatoms. The molecule has 0 atom stereocenters. The molecule has 21 heavy (non-hydrogen) atoms. The van der Waals surface area contributed by atoms with Crippen molar-refractivity contribution in [3.8, 4) is 5.75 Å². The fourth-order valence-corrected chi connectivity index (χ4v) is 2.07. The number of aliphatic carboxylic acids is 1. The van der Waals surface area contributed by atoms with Gasteiger partial charge in [0.15, 0.2) is 5.43 Å². The molecular formula is C16H16O5. The van der Waals surface area contributed by atoms with Crippen molar-refractivity contribution in [3.63, 3.8) is 0 Å². The maximum atomic E-state index is 12.1.